The minimum absolute atomic E-state index is 0.0469. The maximum absolute atomic E-state index is 16.3. The van der Waals surface area contributed by atoms with E-state index in [2.05, 4.69) is 93.7 Å². The van der Waals surface area contributed by atoms with E-state index in [0.29, 0.717) is 49.3 Å². The van der Waals surface area contributed by atoms with Crippen molar-refractivity contribution in [2.75, 3.05) is 39.5 Å². The monoisotopic (exact) mass is 1440 g/mol. The van der Waals surface area contributed by atoms with Crippen LogP contribution in [0.25, 0.3) is 43.1 Å². The Morgan fingerprint density at radius 2 is 0.623 bits per heavy atom. The van der Waals surface area contributed by atoms with Crippen LogP contribution in [0.4, 0.5) is 0 Å². The Kier molecular flexibility index (Phi) is 19.6. The molecule has 2 saturated heterocycles. The number of hydrogen-bond acceptors (Lipinski definition) is 16. The van der Waals surface area contributed by atoms with Crippen molar-refractivity contribution in [2.24, 2.45) is 11.8 Å². The van der Waals surface area contributed by atoms with Crippen molar-refractivity contribution >= 4 is 90.5 Å². The van der Waals surface area contributed by atoms with Crippen LogP contribution in [0, 0.1) is 11.8 Å². The van der Waals surface area contributed by atoms with Crippen LogP contribution < -0.4 is 29.6 Å². The first kappa shape index (κ1) is 73.9. The number of nitrogens with one attached hydrogen (secondary N) is 2. The van der Waals surface area contributed by atoms with Crippen molar-refractivity contribution in [3.8, 4) is 46.0 Å². The lowest BCUT2D eigenvalue weighted by atomic mass is 9.80. The van der Waals surface area contributed by atoms with Gasteiger partial charge in [-0.3, -0.25) is 38.6 Å². The number of nitrogens with zero attached hydrogens (tertiary/aromatic N) is 2. The van der Waals surface area contributed by atoms with Crippen LogP contribution in [0.5, 0.6) is 46.0 Å². The number of carbonyl (C=O) groups is 8. The van der Waals surface area contributed by atoms with Crippen LogP contribution >= 0.6 is 0 Å². The van der Waals surface area contributed by atoms with Crippen LogP contribution in [-0.4, -0.2) is 121 Å². The minimum atomic E-state index is -1.53. The third-order valence-corrected chi connectivity index (χ3v) is 20.1. The number of benzene rings is 9. The second-order valence-electron chi connectivity index (χ2n) is 32.9. The number of carbonyl (C=O) groups excluding carboxylic acids is 8. The minimum Gasteiger partial charge on any atom is -0.464 e. The standard InChI is InChI=1S/C86H92N4O16/c1-45(2)75(81(97)99-35-33-65(91)87-41-55-43-101-55)89-77(93)57-37-61(103-51-25-17-47(18-26-51)83(5,6)7)69-71-63(105-53-29-21-49(22-30-53)85(11,12)13)39-59-68-60(80(96)90(79(59)95)76(46(3)4)82(98)100-36-34-66(92)88-42-56-44-102-56)40-64(106-54-31-23-50(24-32-54)86(14,15)16)72(74(68)71)70-62(38-58(78(89)94)67(57)73(69)70)104-52-27-19-48(20-28-52)84(8,9)10/h17-32,37-40,45-46,55-56,75-76H,33-36,41-44H2,1-16H3,(H,87,91)(H,88,92). The van der Waals surface area contributed by atoms with Crippen LogP contribution in [-0.2, 0) is 59.8 Å². The average Bonchev–Trinajstić information content (AvgIpc) is 0.791. The van der Waals surface area contributed by atoms with Crippen LogP contribution in [0.2, 0.25) is 0 Å². The molecule has 6 amide bonds. The van der Waals surface area contributed by atoms with Crippen molar-refractivity contribution in [1.82, 2.24) is 20.4 Å². The summed E-state index contributed by atoms with van der Waals surface area (Å²) in [6.45, 7) is 32.8. The topological polar surface area (TPSA) is 248 Å². The van der Waals surface area contributed by atoms with Crippen LogP contribution in [0.15, 0.2) is 121 Å². The van der Waals surface area contributed by atoms with Crippen molar-refractivity contribution < 1.29 is 76.3 Å². The molecule has 106 heavy (non-hydrogen) atoms. The fourth-order valence-corrected chi connectivity index (χ4v) is 14.0. The normalized spacial score (nSPS) is 16.5. The number of rotatable bonds is 24. The second-order valence-corrected chi connectivity index (χ2v) is 32.9. The zero-order valence-electron chi connectivity index (χ0n) is 63.1. The Bertz CT molecular complexity index is 4440. The van der Waals surface area contributed by atoms with Gasteiger partial charge in [0.05, 0.1) is 60.5 Å². The van der Waals surface area contributed by atoms with Crippen molar-refractivity contribution in [3.05, 3.63) is 166 Å². The molecular formula is C86H92N4O16. The van der Waals surface area contributed by atoms with E-state index in [1.165, 1.54) is 0 Å². The lowest BCUT2D eigenvalue weighted by Gasteiger charge is -2.36. The maximum Gasteiger partial charge on any atom is 0.329 e. The van der Waals surface area contributed by atoms with Gasteiger partial charge in [-0.25, -0.2) is 9.59 Å². The molecule has 9 aromatic carbocycles. The number of ether oxygens (including phenoxy) is 8. The third kappa shape index (κ3) is 14.7. The molecule has 4 aliphatic rings. The molecular weight excluding hydrogens is 1340 g/mol. The van der Waals surface area contributed by atoms with Gasteiger partial charge in [-0.05, 0) is 129 Å². The van der Waals surface area contributed by atoms with E-state index >= 15 is 19.2 Å². The molecule has 4 heterocycles. The summed E-state index contributed by atoms with van der Waals surface area (Å²) >= 11 is 0. The summed E-state index contributed by atoms with van der Waals surface area (Å²) in [5.74, 6) is -6.02. The molecule has 0 radical (unpaired) electrons. The number of epoxide rings is 2. The third-order valence-electron chi connectivity index (χ3n) is 20.1. The Morgan fingerprint density at radius 3 is 0.830 bits per heavy atom. The van der Waals surface area contributed by atoms with Gasteiger partial charge in [0.15, 0.2) is 0 Å². The molecule has 0 spiro atoms. The van der Waals surface area contributed by atoms with Gasteiger partial charge in [-0.15, -0.1) is 0 Å². The van der Waals surface area contributed by atoms with Gasteiger partial charge < -0.3 is 48.5 Å². The Morgan fingerprint density at radius 1 is 0.387 bits per heavy atom. The molecule has 4 unspecified atom stereocenters. The molecule has 2 N–H and O–H groups in total. The first-order chi connectivity index (χ1) is 50.0. The van der Waals surface area contributed by atoms with E-state index in [-0.39, 0.29) is 160 Å². The van der Waals surface area contributed by atoms with Crippen molar-refractivity contribution in [1.29, 1.82) is 0 Å². The molecule has 0 aromatic heterocycles. The van der Waals surface area contributed by atoms with Crippen LogP contribution in [0.3, 0.4) is 0 Å². The first-order valence-electron chi connectivity index (χ1n) is 36.4. The molecule has 13 rings (SSSR count). The molecule has 9 aromatic rings. The summed E-state index contributed by atoms with van der Waals surface area (Å²) in [7, 11) is 0. The van der Waals surface area contributed by atoms with E-state index in [4.69, 9.17) is 37.9 Å². The second kappa shape index (κ2) is 28.1. The molecule has 0 bridgehead atoms. The summed E-state index contributed by atoms with van der Waals surface area (Å²) in [6.07, 6.45) is -0.549. The van der Waals surface area contributed by atoms with E-state index in [9.17, 15) is 19.2 Å². The summed E-state index contributed by atoms with van der Waals surface area (Å²) in [6, 6.07) is 33.2. The zero-order valence-corrected chi connectivity index (χ0v) is 63.1. The number of hydrogen-bond donors (Lipinski definition) is 2. The van der Waals surface area contributed by atoms with Crippen molar-refractivity contribution in [2.45, 2.75) is 170 Å². The van der Waals surface area contributed by atoms with Gasteiger partial charge in [0.1, 0.15) is 71.3 Å². The number of fused-ring (bicyclic) bond motifs is 2. The zero-order chi connectivity index (χ0) is 76.0. The van der Waals surface area contributed by atoms with E-state index in [0.717, 1.165) is 32.1 Å². The highest BCUT2D eigenvalue weighted by Crippen LogP contribution is 2.58. The Hall–Kier alpha value is -10.4. The van der Waals surface area contributed by atoms with Gasteiger partial charge in [-0.1, -0.05) is 159 Å². The molecule has 20 nitrogen and oxygen atoms in total. The van der Waals surface area contributed by atoms with Gasteiger partial charge in [-0.2, -0.15) is 0 Å². The van der Waals surface area contributed by atoms with E-state index in [1.54, 1.807) is 52.0 Å². The summed E-state index contributed by atoms with van der Waals surface area (Å²) < 4.78 is 51.4. The Labute approximate surface area is 616 Å². The van der Waals surface area contributed by atoms with Crippen molar-refractivity contribution in [3.63, 3.8) is 0 Å². The largest absolute Gasteiger partial charge is 0.464 e. The summed E-state index contributed by atoms with van der Waals surface area (Å²) in [4.78, 5) is 123. The summed E-state index contributed by atoms with van der Waals surface area (Å²) in [5.41, 5.74) is 2.64. The maximum atomic E-state index is 16.3. The number of amides is 6. The lowest BCUT2D eigenvalue weighted by molar-refractivity contribution is -0.151. The highest BCUT2D eigenvalue weighted by molar-refractivity contribution is 6.45. The van der Waals surface area contributed by atoms with E-state index in [1.807, 2.05) is 97.1 Å². The number of imide groups is 2. The highest BCUT2D eigenvalue weighted by Gasteiger charge is 2.48. The predicted molar refractivity (Wildman–Crippen MR) is 403 cm³/mol. The fraction of sp³-hybridized carbons (Fsp3) is 0.395. The van der Waals surface area contributed by atoms with Crippen LogP contribution in [0.1, 0.15) is 187 Å². The number of esters is 2. The quantitative estimate of drug-likeness (QED) is 0.0188. The molecule has 20 heteroatoms. The molecule has 4 aliphatic heterocycles. The highest BCUT2D eigenvalue weighted by atomic mass is 16.6. The van der Waals surface area contributed by atoms with Gasteiger partial charge in [0, 0.05) is 56.2 Å². The lowest BCUT2D eigenvalue weighted by Crippen LogP contribution is -2.53. The molecule has 2 fully saturated rings. The van der Waals surface area contributed by atoms with E-state index < -0.39 is 59.5 Å². The molecule has 0 aliphatic carbocycles. The first-order valence-corrected chi connectivity index (χ1v) is 36.4. The predicted octanol–water partition coefficient (Wildman–Crippen LogP) is 16.2. The fourth-order valence-electron chi connectivity index (χ4n) is 14.0. The van der Waals surface area contributed by atoms with Gasteiger partial charge in [0.25, 0.3) is 23.6 Å². The SMILES string of the molecule is CC(C)C(C(=O)OCCC(=O)NCC1CO1)N1C(=O)c2cc(Oc3ccc(C(C)(C)C)cc3)c3c4c(Oc5ccc(C(C)(C)C)cc5)cc5c6c(cc(Oc7ccc(C(C)(C)C)cc7)c(c7c(Oc8ccc(C(C)(C)C)cc8)cc(c2c37)C1=O)c64)C(=O)N(C(C(=O)OCCC(=O)NCC1CO1)C(C)C)C5=O. The van der Waals surface area contributed by atoms with Gasteiger partial charge in [0.2, 0.25) is 11.8 Å². The van der Waals surface area contributed by atoms with Gasteiger partial charge >= 0.3 is 11.9 Å². The Balaban J connectivity index is 1.13. The molecule has 552 valence electrons. The average molecular weight is 1440 g/mol. The molecule has 4 atom stereocenters. The summed E-state index contributed by atoms with van der Waals surface area (Å²) in [5, 5.41) is 7.33. The smallest absolute Gasteiger partial charge is 0.329 e. The molecule has 0 saturated carbocycles.